The summed E-state index contributed by atoms with van der Waals surface area (Å²) in [4.78, 5) is 27.9. The van der Waals surface area contributed by atoms with Gasteiger partial charge >= 0.3 is 6.09 Å². The van der Waals surface area contributed by atoms with Crippen molar-refractivity contribution in [3.05, 3.63) is 72.1 Å². The van der Waals surface area contributed by atoms with E-state index in [0.717, 1.165) is 55.1 Å². The molecule has 2 aromatic heterocycles. The lowest BCUT2D eigenvalue weighted by Gasteiger charge is -2.22. The number of fused-ring (bicyclic) bond motifs is 1. The fourth-order valence-electron chi connectivity index (χ4n) is 3.54. The SMILES string of the molecule is CN(C(=O)OCCCc1ccccn1)c1ccc2c(c1)N(Cc1c[nH]cn1)CC2. The predicted molar refractivity (Wildman–Crippen MR) is 112 cm³/mol. The molecule has 3 heterocycles. The molecule has 7 heteroatoms. The molecular formula is C22H25N5O2. The third-order valence-corrected chi connectivity index (χ3v) is 5.16. The first kappa shape index (κ1) is 19.0. The molecule has 4 rings (SSSR count). The van der Waals surface area contributed by atoms with Crippen LogP contribution in [-0.4, -0.2) is 41.2 Å². The lowest BCUT2D eigenvalue weighted by Crippen LogP contribution is -2.28. The first-order chi connectivity index (χ1) is 14.2. The molecule has 3 aromatic rings. The molecule has 0 saturated heterocycles. The minimum Gasteiger partial charge on any atom is -0.449 e. The van der Waals surface area contributed by atoms with Crippen LogP contribution in [-0.2, 0) is 24.1 Å². The second-order valence-electron chi connectivity index (χ2n) is 7.14. The highest BCUT2D eigenvalue weighted by molar-refractivity contribution is 5.88. The number of carbonyl (C=O) groups excluding carboxylic acids is 1. The number of nitrogens with one attached hydrogen (secondary N) is 1. The van der Waals surface area contributed by atoms with Gasteiger partial charge in [-0.05, 0) is 49.1 Å². The Balaban J connectivity index is 1.33. The Bertz CT molecular complexity index is 943. The van der Waals surface area contributed by atoms with Gasteiger partial charge in [-0.1, -0.05) is 12.1 Å². The molecule has 0 radical (unpaired) electrons. The molecule has 7 nitrogen and oxygen atoms in total. The maximum absolute atomic E-state index is 12.5. The largest absolute Gasteiger partial charge is 0.449 e. The molecule has 0 aliphatic carbocycles. The molecule has 150 valence electrons. The molecule has 0 bridgehead atoms. The van der Waals surface area contributed by atoms with E-state index in [4.69, 9.17) is 4.74 Å². The van der Waals surface area contributed by atoms with Crippen molar-refractivity contribution in [2.75, 3.05) is 30.0 Å². The van der Waals surface area contributed by atoms with Crippen LogP contribution < -0.4 is 9.80 Å². The molecule has 29 heavy (non-hydrogen) atoms. The normalized spacial score (nSPS) is 12.7. The van der Waals surface area contributed by atoms with Crippen molar-refractivity contribution in [1.29, 1.82) is 0 Å². The van der Waals surface area contributed by atoms with Crippen LogP contribution in [0.5, 0.6) is 0 Å². The van der Waals surface area contributed by atoms with Crippen LogP contribution in [0.1, 0.15) is 23.4 Å². The Labute approximate surface area is 170 Å². The minimum atomic E-state index is -0.345. The molecule has 1 aliphatic rings. The van der Waals surface area contributed by atoms with Gasteiger partial charge in [0.2, 0.25) is 0 Å². The van der Waals surface area contributed by atoms with Crippen LogP contribution in [0.2, 0.25) is 0 Å². The van der Waals surface area contributed by atoms with Gasteiger partial charge in [0.15, 0.2) is 0 Å². The highest BCUT2D eigenvalue weighted by Crippen LogP contribution is 2.33. The smallest absolute Gasteiger partial charge is 0.414 e. The number of H-pyrrole nitrogens is 1. The number of pyridine rings is 1. The Morgan fingerprint density at radius 2 is 2.17 bits per heavy atom. The Morgan fingerprint density at radius 1 is 1.24 bits per heavy atom. The number of amides is 1. The van der Waals surface area contributed by atoms with E-state index in [9.17, 15) is 4.79 Å². The van der Waals surface area contributed by atoms with E-state index >= 15 is 0 Å². The fourth-order valence-corrected chi connectivity index (χ4v) is 3.54. The zero-order valence-electron chi connectivity index (χ0n) is 16.5. The second-order valence-corrected chi connectivity index (χ2v) is 7.14. The lowest BCUT2D eigenvalue weighted by atomic mass is 10.1. The van der Waals surface area contributed by atoms with Gasteiger partial charge in [0.25, 0.3) is 0 Å². The van der Waals surface area contributed by atoms with Crippen molar-refractivity contribution in [2.24, 2.45) is 0 Å². The van der Waals surface area contributed by atoms with Crippen LogP contribution >= 0.6 is 0 Å². The molecule has 1 aromatic carbocycles. The topological polar surface area (TPSA) is 74.4 Å². The fraction of sp³-hybridized carbons (Fsp3) is 0.318. The Hall–Kier alpha value is -3.35. The molecule has 0 unspecified atom stereocenters. The average Bonchev–Trinajstić information content (AvgIpc) is 3.41. The summed E-state index contributed by atoms with van der Waals surface area (Å²) in [7, 11) is 1.75. The summed E-state index contributed by atoms with van der Waals surface area (Å²) in [6, 6.07) is 12.0. The number of rotatable bonds is 7. The minimum absolute atomic E-state index is 0.345. The van der Waals surface area contributed by atoms with Crippen LogP contribution in [0.15, 0.2) is 55.1 Å². The third kappa shape index (κ3) is 4.56. The van der Waals surface area contributed by atoms with E-state index in [2.05, 4.69) is 32.0 Å². The number of aromatic nitrogens is 3. The molecular weight excluding hydrogens is 366 g/mol. The van der Waals surface area contributed by atoms with Gasteiger partial charge in [0.1, 0.15) is 0 Å². The number of hydrogen-bond donors (Lipinski definition) is 1. The highest BCUT2D eigenvalue weighted by Gasteiger charge is 2.22. The summed E-state index contributed by atoms with van der Waals surface area (Å²) in [6.45, 7) is 2.07. The van der Waals surface area contributed by atoms with Gasteiger partial charge in [0, 0.05) is 43.1 Å². The monoisotopic (exact) mass is 391 g/mol. The number of ether oxygens (including phenoxy) is 1. The van der Waals surface area contributed by atoms with Crippen LogP contribution in [0.4, 0.5) is 16.2 Å². The third-order valence-electron chi connectivity index (χ3n) is 5.16. The van der Waals surface area contributed by atoms with Crippen LogP contribution in [0, 0.1) is 0 Å². The second kappa shape index (κ2) is 8.77. The zero-order chi connectivity index (χ0) is 20.1. The van der Waals surface area contributed by atoms with Crippen molar-refractivity contribution in [1.82, 2.24) is 15.0 Å². The number of imidazole rings is 1. The Morgan fingerprint density at radius 3 is 2.97 bits per heavy atom. The summed E-state index contributed by atoms with van der Waals surface area (Å²) >= 11 is 0. The molecule has 0 atom stereocenters. The van der Waals surface area contributed by atoms with Crippen molar-refractivity contribution >= 4 is 17.5 Å². The van der Waals surface area contributed by atoms with E-state index in [-0.39, 0.29) is 6.09 Å². The van der Waals surface area contributed by atoms with Gasteiger partial charge in [-0.15, -0.1) is 0 Å². The molecule has 1 amide bonds. The van der Waals surface area contributed by atoms with Gasteiger partial charge in [-0.3, -0.25) is 9.88 Å². The zero-order valence-corrected chi connectivity index (χ0v) is 16.5. The van der Waals surface area contributed by atoms with Crippen LogP contribution in [0.25, 0.3) is 0 Å². The summed E-state index contributed by atoms with van der Waals surface area (Å²) in [5.74, 6) is 0. The maximum Gasteiger partial charge on any atom is 0.414 e. The summed E-state index contributed by atoms with van der Waals surface area (Å²) in [6.07, 6.45) is 7.58. The number of hydrogen-bond acceptors (Lipinski definition) is 5. The van der Waals surface area contributed by atoms with Crippen molar-refractivity contribution in [2.45, 2.75) is 25.8 Å². The Kier molecular flexibility index (Phi) is 5.74. The molecule has 0 fully saturated rings. The maximum atomic E-state index is 12.5. The first-order valence-corrected chi connectivity index (χ1v) is 9.86. The molecule has 0 saturated carbocycles. The van der Waals surface area contributed by atoms with E-state index in [1.807, 2.05) is 30.5 Å². The lowest BCUT2D eigenvalue weighted by molar-refractivity contribution is 0.153. The number of carbonyl (C=O) groups is 1. The molecule has 1 N–H and O–H groups in total. The van der Waals surface area contributed by atoms with Gasteiger partial charge in [0.05, 0.1) is 25.2 Å². The van der Waals surface area contributed by atoms with Gasteiger partial charge < -0.3 is 14.6 Å². The summed E-state index contributed by atoms with van der Waals surface area (Å²) in [5, 5.41) is 0. The number of anilines is 2. The van der Waals surface area contributed by atoms with E-state index in [1.165, 1.54) is 5.56 Å². The quantitative estimate of drug-likeness (QED) is 0.623. The number of benzene rings is 1. The van der Waals surface area contributed by atoms with E-state index < -0.39 is 0 Å². The van der Waals surface area contributed by atoms with Gasteiger partial charge in [-0.25, -0.2) is 9.78 Å². The highest BCUT2D eigenvalue weighted by atomic mass is 16.6. The van der Waals surface area contributed by atoms with Crippen LogP contribution in [0.3, 0.4) is 0 Å². The standard InChI is InChI=1S/C22H25N5O2/c1-26(22(28)29-12-4-6-18-5-2-3-10-24-18)20-8-7-17-9-11-27(21(17)13-20)15-19-14-23-16-25-19/h2-3,5,7-8,10,13-14,16H,4,6,9,11-12,15H2,1H3,(H,23,25). The van der Waals surface area contributed by atoms with E-state index in [0.29, 0.717) is 6.61 Å². The molecule has 0 spiro atoms. The van der Waals surface area contributed by atoms with Crippen molar-refractivity contribution in [3.63, 3.8) is 0 Å². The van der Waals surface area contributed by atoms with Crippen molar-refractivity contribution < 1.29 is 9.53 Å². The number of nitrogens with zero attached hydrogens (tertiary/aromatic N) is 4. The van der Waals surface area contributed by atoms with E-state index in [1.54, 1.807) is 24.5 Å². The summed E-state index contributed by atoms with van der Waals surface area (Å²) in [5.41, 5.74) is 5.28. The molecule has 1 aliphatic heterocycles. The predicted octanol–water partition coefficient (Wildman–Crippen LogP) is 3.57. The number of aromatic amines is 1. The first-order valence-electron chi connectivity index (χ1n) is 9.86. The average molecular weight is 391 g/mol. The summed E-state index contributed by atoms with van der Waals surface area (Å²) < 4.78 is 5.44. The van der Waals surface area contributed by atoms with Gasteiger partial charge in [-0.2, -0.15) is 0 Å². The number of aryl methyl sites for hydroxylation is 1. The van der Waals surface area contributed by atoms with Crippen molar-refractivity contribution in [3.8, 4) is 0 Å².